The first-order chi connectivity index (χ1) is 30.6. The van der Waals surface area contributed by atoms with Crippen molar-refractivity contribution in [3.8, 4) is 91.5 Å². The minimum absolute atomic E-state index is 0.201. The summed E-state index contributed by atoms with van der Waals surface area (Å²) in [7, 11) is 0. The summed E-state index contributed by atoms with van der Waals surface area (Å²) in [6.45, 7) is 0. The Balaban J connectivity index is 0.994. The van der Waals surface area contributed by atoms with E-state index in [1.165, 1.54) is 24.8 Å². The molecule has 2 aromatic heterocycles. The molecule has 0 amide bonds. The van der Waals surface area contributed by atoms with Gasteiger partial charge in [0.25, 0.3) is 0 Å². The van der Waals surface area contributed by atoms with E-state index in [2.05, 4.69) is 133 Å². The summed E-state index contributed by atoms with van der Waals surface area (Å²) >= 11 is 0. The molecule has 5 nitrogen and oxygen atoms in total. The zero-order valence-corrected chi connectivity index (χ0v) is 34.3. The predicted molar refractivity (Wildman–Crippen MR) is 252 cm³/mol. The van der Waals surface area contributed by atoms with Gasteiger partial charge in [0.05, 0.1) is 16.8 Å². The van der Waals surface area contributed by atoms with Gasteiger partial charge in [0.2, 0.25) is 0 Å². The molecule has 296 valence electrons. The summed E-state index contributed by atoms with van der Waals surface area (Å²) in [4.78, 5) is 25.6. The van der Waals surface area contributed by atoms with E-state index in [9.17, 15) is 0 Å². The number of terminal acetylenes is 1. The number of hydrogen-bond acceptors (Lipinski definition) is 5. The van der Waals surface area contributed by atoms with Crippen LogP contribution >= 0.6 is 0 Å². The molecule has 2 aliphatic rings. The Bertz CT molecular complexity index is 3050. The van der Waals surface area contributed by atoms with Crippen molar-refractivity contribution in [1.82, 2.24) is 24.9 Å². The van der Waals surface area contributed by atoms with Gasteiger partial charge in [-0.15, -0.1) is 6.42 Å². The summed E-state index contributed by atoms with van der Waals surface area (Å²) in [6.07, 6.45) is 12.4. The van der Waals surface area contributed by atoms with Gasteiger partial charge < -0.3 is 0 Å². The Kier molecular flexibility index (Phi) is 9.55. The van der Waals surface area contributed by atoms with E-state index >= 15 is 0 Å². The van der Waals surface area contributed by atoms with Crippen molar-refractivity contribution in [1.29, 1.82) is 0 Å². The first kappa shape index (κ1) is 37.4. The van der Waals surface area contributed by atoms with Crippen LogP contribution in [0.4, 0.5) is 0 Å². The SMILES string of the molecule is C#CC1(c2ccc(-c3nc(-c4ccccc4)nc(-c4cccc5c(-c6cccc(-c7cc(-c8ccccc8)nc(-c8ccccc8)n7)c6)cccc45)n3)cc2)CC2CC[C@@H](C2)C1. The maximum Gasteiger partial charge on any atom is 0.164 e. The number of aromatic nitrogens is 5. The smallest absolute Gasteiger partial charge is 0.164 e. The summed E-state index contributed by atoms with van der Waals surface area (Å²) in [6, 6.07) is 63.0. The van der Waals surface area contributed by atoms with Gasteiger partial charge in [0.15, 0.2) is 23.3 Å². The van der Waals surface area contributed by atoms with Crippen LogP contribution in [0.25, 0.3) is 90.0 Å². The maximum atomic E-state index is 6.33. The lowest BCUT2D eigenvalue weighted by Crippen LogP contribution is -2.32. The minimum atomic E-state index is -0.201. The molecule has 2 saturated carbocycles. The van der Waals surface area contributed by atoms with Crippen LogP contribution in [-0.4, -0.2) is 24.9 Å². The molecule has 9 aromatic rings. The highest BCUT2D eigenvalue weighted by molar-refractivity contribution is 6.04. The standard InChI is InChI=1S/C57H43N5/c1-2-57(36-38-27-28-39(33-38)37-57)46-31-29-43(30-32-46)55-60-54(42-19-10-5-11-20-42)61-56(62-55)50-26-14-24-48-47(23-13-25-49(48)50)44-21-12-22-45(34-44)52-35-51(40-15-6-3-7-16-40)58-53(59-52)41-17-8-4-9-18-41/h1,3-26,29-32,34-35,38-39H,27-28,33,36-37H2/t38-,39?,57?/m0/s1. The summed E-state index contributed by atoms with van der Waals surface area (Å²) in [5, 5.41) is 2.16. The zero-order chi connectivity index (χ0) is 41.5. The van der Waals surface area contributed by atoms with Crippen molar-refractivity contribution < 1.29 is 0 Å². The third kappa shape index (κ3) is 7.04. The first-order valence-electron chi connectivity index (χ1n) is 21.6. The molecule has 2 fully saturated rings. The molecular formula is C57H43N5. The van der Waals surface area contributed by atoms with Crippen molar-refractivity contribution in [2.24, 2.45) is 11.8 Å². The van der Waals surface area contributed by atoms with E-state index in [1.807, 2.05) is 54.6 Å². The fourth-order valence-electron chi connectivity index (χ4n) is 10.0. The van der Waals surface area contributed by atoms with Crippen LogP contribution in [0.2, 0.25) is 0 Å². The lowest BCUT2D eigenvalue weighted by atomic mass is 9.66. The minimum Gasteiger partial charge on any atom is -0.228 e. The van der Waals surface area contributed by atoms with Crippen molar-refractivity contribution in [3.05, 3.63) is 188 Å². The van der Waals surface area contributed by atoms with Gasteiger partial charge >= 0.3 is 0 Å². The van der Waals surface area contributed by atoms with Crippen LogP contribution in [0, 0.1) is 24.2 Å². The van der Waals surface area contributed by atoms with Gasteiger partial charge in [-0.2, -0.15) is 0 Å². The van der Waals surface area contributed by atoms with E-state index in [1.54, 1.807) is 0 Å². The van der Waals surface area contributed by atoms with Gasteiger partial charge in [0, 0.05) is 33.4 Å². The third-order valence-electron chi connectivity index (χ3n) is 13.0. The second-order valence-corrected chi connectivity index (χ2v) is 16.9. The molecule has 2 heterocycles. The average Bonchev–Trinajstić information content (AvgIpc) is 3.71. The molecule has 0 saturated heterocycles. The normalized spacial score (nSPS) is 18.0. The Hall–Kier alpha value is -7.55. The Labute approximate surface area is 362 Å². The molecule has 2 bridgehead atoms. The fraction of sp³-hybridized carbons (Fsp3) is 0.140. The summed E-state index contributed by atoms with van der Waals surface area (Å²) < 4.78 is 0. The molecule has 2 unspecified atom stereocenters. The molecule has 2 aliphatic carbocycles. The Morgan fingerprint density at radius 2 is 0.871 bits per heavy atom. The van der Waals surface area contributed by atoms with E-state index < -0.39 is 0 Å². The highest BCUT2D eigenvalue weighted by atomic mass is 15.0. The van der Waals surface area contributed by atoms with E-state index in [0.29, 0.717) is 23.3 Å². The quantitative estimate of drug-likeness (QED) is 0.143. The average molecular weight is 798 g/mol. The van der Waals surface area contributed by atoms with E-state index in [0.717, 1.165) is 91.3 Å². The monoisotopic (exact) mass is 797 g/mol. The Morgan fingerprint density at radius 1 is 0.403 bits per heavy atom. The van der Waals surface area contributed by atoms with Crippen LogP contribution in [0.1, 0.15) is 37.7 Å². The number of nitrogens with zero attached hydrogens (tertiary/aromatic N) is 5. The van der Waals surface area contributed by atoms with Gasteiger partial charge in [-0.1, -0.05) is 189 Å². The fourth-order valence-corrected chi connectivity index (χ4v) is 10.0. The summed E-state index contributed by atoms with van der Waals surface area (Å²) in [5.41, 5.74) is 10.8. The second-order valence-electron chi connectivity index (χ2n) is 16.9. The molecule has 62 heavy (non-hydrogen) atoms. The van der Waals surface area contributed by atoms with Crippen molar-refractivity contribution in [2.75, 3.05) is 0 Å². The molecule has 0 radical (unpaired) electrons. The largest absolute Gasteiger partial charge is 0.228 e. The molecule has 0 N–H and O–H groups in total. The topological polar surface area (TPSA) is 64.5 Å². The van der Waals surface area contributed by atoms with Crippen molar-refractivity contribution in [3.63, 3.8) is 0 Å². The van der Waals surface area contributed by atoms with Crippen LogP contribution < -0.4 is 0 Å². The van der Waals surface area contributed by atoms with Gasteiger partial charge in [-0.3, -0.25) is 0 Å². The van der Waals surface area contributed by atoms with Gasteiger partial charge in [-0.25, -0.2) is 24.9 Å². The number of fused-ring (bicyclic) bond motifs is 3. The molecule has 11 rings (SSSR count). The predicted octanol–water partition coefficient (Wildman–Crippen LogP) is 13.6. The highest BCUT2D eigenvalue weighted by Gasteiger charge is 2.43. The van der Waals surface area contributed by atoms with Crippen LogP contribution in [-0.2, 0) is 5.41 Å². The van der Waals surface area contributed by atoms with Crippen molar-refractivity contribution in [2.45, 2.75) is 37.5 Å². The van der Waals surface area contributed by atoms with Crippen LogP contribution in [0.15, 0.2) is 182 Å². The molecule has 5 heteroatoms. The van der Waals surface area contributed by atoms with Crippen LogP contribution in [0.5, 0.6) is 0 Å². The van der Waals surface area contributed by atoms with E-state index in [-0.39, 0.29) is 5.41 Å². The molecule has 3 atom stereocenters. The van der Waals surface area contributed by atoms with Gasteiger partial charge in [-0.05, 0) is 70.7 Å². The lowest BCUT2D eigenvalue weighted by Gasteiger charge is -2.37. The number of benzene rings is 7. The second kappa shape index (κ2) is 15.8. The van der Waals surface area contributed by atoms with Crippen LogP contribution in [0.3, 0.4) is 0 Å². The Morgan fingerprint density at radius 3 is 1.48 bits per heavy atom. The molecule has 0 aliphatic heterocycles. The van der Waals surface area contributed by atoms with Gasteiger partial charge in [0.1, 0.15) is 0 Å². The third-order valence-corrected chi connectivity index (χ3v) is 13.0. The molecule has 0 spiro atoms. The molecular weight excluding hydrogens is 755 g/mol. The summed E-state index contributed by atoms with van der Waals surface area (Å²) in [5.74, 6) is 7.32. The first-order valence-corrected chi connectivity index (χ1v) is 21.6. The van der Waals surface area contributed by atoms with E-state index in [4.69, 9.17) is 31.3 Å². The maximum absolute atomic E-state index is 6.33. The lowest BCUT2D eigenvalue weighted by molar-refractivity contribution is 0.267. The number of rotatable bonds is 8. The number of hydrogen-bond donors (Lipinski definition) is 0. The molecule has 7 aromatic carbocycles. The zero-order valence-electron chi connectivity index (χ0n) is 34.3. The highest BCUT2D eigenvalue weighted by Crippen LogP contribution is 2.51. The van der Waals surface area contributed by atoms with Crippen molar-refractivity contribution >= 4 is 10.8 Å².